The molecule has 0 aromatic heterocycles. The maximum Gasteiger partial charge on any atom is 0.328 e. The molecule has 0 aromatic rings. The summed E-state index contributed by atoms with van der Waals surface area (Å²) < 4.78 is 0. The van der Waals surface area contributed by atoms with Gasteiger partial charge in [0.25, 0.3) is 0 Å². The molecule has 1 saturated heterocycles. The number of amides is 4. The molecular formula is C10H16N2O4. The van der Waals surface area contributed by atoms with Crippen LogP contribution in [0.25, 0.3) is 0 Å². The van der Waals surface area contributed by atoms with Gasteiger partial charge in [0.2, 0.25) is 11.8 Å². The van der Waals surface area contributed by atoms with E-state index in [9.17, 15) is 19.5 Å². The van der Waals surface area contributed by atoms with Crippen molar-refractivity contribution in [1.29, 1.82) is 0 Å². The van der Waals surface area contributed by atoms with Crippen LogP contribution < -0.4 is 10.6 Å². The average Bonchev–Trinajstić information content (AvgIpc) is 2.17. The highest BCUT2D eigenvalue weighted by molar-refractivity contribution is 6.19. The molecule has 1 aliphatic rings. The van der Waals surface area contributed by atoms with Gasteiger partial charge >= 0.3 is 6.03 Å². The van der Waals surface area contributed by atoms with Gasteiger partial charge in [-0.2, -0.15) is 0 Å². The standard InChI is InChI=1S/C10H16N2O4/c1-6(2)3-4-10(5-13)7(14)11-9(16)12-8(10)15/h6,13H,3-5H2,1-2H3,(H2,11,12,14,15,16). The molecule has 0 aromatic carbocycles. The van der Waals surface area contributed by atoms with E-state index in [-0.39, 0.29) is 6.42 Å². The predicted octanol–water partition coefficient (Wildman–Crippen LogP) is -0.233. The normalized spacial score (nSPS) is 19.6. The summed E-state index contributed by atoms with van der Waals surface area (Å²) in [6, 6.07) is -0.830. The summed E-state index contributed by atoms with van der Waals surface area (Å²) in [6.07, 6.45) is 0.849. The van der Waals surface area contributed by atoms with Gasteiger partial charge in [-0.1, -0.05) is 13.8 Å². The summed E-state index contributed by atoms with van der Waals surface area (Å²) in [5, 5.41) is 13.3. The SMILES string of the molecule is CC(C)CCC1(CO)C(=O)NC(=O)NC1=O. The smallest absolute Gasteiger partial charge is 0.328 e. The van der Waals surface area contributed by atoms with Crippen LogP contribution in [-0.2, 0) is 9.59 Å². The van der Waals surface area contributed by atoms with E-state index in [4.69, 9.17) is 0 Å². The summed E-state index contributed by atoms with van der Waals surface area (Å²) in [4.78, 5) is 34.1. The molecule has 1 rings (SSSR count). The van der Waals surface area contributed by atoms with Crippen molar-refractivity contribution in [2.24, 2.45) is 11.3 Å². The number of rotatable bonds is 4. The highest BCUT2D eigenvalue weighted by Gasteiger charge is 2.49. The molecule has 0 bridgehead atoms. The van der Waals surface area contributed by atoms with Gasteiger partial charge < -0.3 is 5.11 Å². The molecule has 0 aliphatic carbocycles. The Kier molecular flexibility index (Phi) is 3.64. The van der Waals surface area contributed by atoms with Crippen LogP contribution in [0.2, 0.25) is 0 Å². The molecule has 4 amide bonds. The molecule has 0 saturated carbocycles. The zero-order valence-electron chi connectivity index (χ0n) is 9.37. The summed E-state index contributed by atoms with van der Waals surface area (Å²) >= 11 is 0. The minimum atomic E-state index is -1.52. The van der Waals surface area contributed by atoms with Gasteiger partial charge in [-0.25, -0.2) is 4.79 Å². The molecule has 90 valence electrons. The Morgan fingerprint density at radius 3 is 2.06 bits per heavy atom. The summed E-state index contributed by atoms with van der Waals surface area (Å²) in [5.74, 6) is -1.13. The molecule has 0 unspecified atom stereocenters. The fraction of sp³-hybridized carbons (Fsp3) is 0.700. The lowest BCUT2D eigenvalue weighted by molar-refractivity contribution is -0.148. The van der Waals surface area contributed by atoms with Gasteiger partial charge in [-0.15, -0.1) is 0 Å². The van der Waals surface area contributed by atoms with Crippen molar-refractivity contribution in [2.45, 2.75) is 26.7 Å². The van der Waals surface area contributed by atoms with Gasteiger partial charge in [-0.3, -0.25) is 20.2 Å². The molecular weight excluding hydrogens is 212 g/mol. The first-order chi connectivity index (χ1) is 7.42. The Labute approximate surface area is 93.4 Å². The second-order valence-electron chi connectivity index (χ2n) is 4.41. The molecule has 3 N–H and O–H groups in total. The van der Waals surface area contributed by atoms with Crippen LogP contribution in [0, 0.1) is 11.3 Å². The van der Waals surface area contributed by atoms with Crippen molar-refractivity contribution >= 4 is 17.8 Å². The third-order valence-corrected chi connectivity index (χ3v) is 2.74. The van der Waals surface area contributed by atoms with Crippen LogP contribution in [0.4, 0.5) is 4.79 Å². The maximum absolute atomic E-state index is 11.6. The van der Waals surface area contributed by atoms with Gasteiger partial charge in [-0.05, 0) is 18.8 Å². The molecule has 1 fully saturated rings. The minimum Gasteiger partial charge on any atom is -0.395 e. The quantitative estimate of drug-likeness (QED) is 0.579. The average molecular weight is 228 g/mol. The van der Waals surface area contributed by atoms with Gasteiger partial charge in [0.1, 0.15) is 0 Å². The fourth-order valence-electron chi connectivity index (χ4n) is 1.56. The molecule has 6 heteroatoms. The highest BCUT2D eigenvalue weighted by Crippen LogP contribution is 2.28. The van der Waals surface area contributed by atoms with E-state index in [1.165, 1.54) is 0 Å². The van der Waals surface area contributed by atoms with Crippen molar-refractivity contribution in [3.8, 4) is 0 Å². The number of carbonyl (C=O) groups is 3. The van der Waals surface area contributed by atoms with E-state index < -0.39 is 29.9 Å². The zero-order valence-corrected chi connectivity index (χ0v) is 9.37. The third-order valence-electron chi connectivity index (χ3n) is 2.74. The Morgan fingerprint density at radius 1 is 1.19 bits per heavy atom. The van der Waals surface area contributed by atoms with Gasteiger partial charge in [0.15, 0.2) is 5.41 Å². The summed E-state index contributed by atoms with van der Waals surface area (Å²) in [6.45, 7) is 3.31. The van der Waals surface area contributed by atoms with E-state index in [2.05, 4.69) is 0 Å². The lowest BCUT2D eigenvalue weighted by Gasteiger charge is -2.32. The van der Waals surface area contributed by atoms with Crippen molar-refractivity contribution in [3.63, 3.8) is 0 Å². The van der Waals surface area contributed by atoms with E-state index in [1.807, 2.05) is 24.5 Å². The van der Waals surface area contributed by atoms with E-state index in [0.717, 1.165) is 0 Å². The Morgan fingerprint density at radius 2 is 1.69 bits per heavy atom. The number of barbiturate groups is 1. The maximum atomic E-state index is 11.6. The van der Waals surface area contributed by atoms with Crippen LogP contribution in [0.1, 0.15) is 26.7 Å². The number of nitrogens with one attached hydrogen (secondary N) is 2. The van der Waals surface area contributed by atoms with Gasteiger partial charge in [0, 0.05) is 0 Å². The number of carbonyl (C=O) groups excluding carboxylic acids is 3. The number of aliphatic hydroxyl groups is 1. The Bertz CT molecular complexity index is 305. The topological polar surface area (TPSA) is 95.5 Å². The molecule has 1 heterocycles. The second-order valence-corrected chi connectivity index (χ2v) is 4.41. The van der Waals surface area contributed by atoms with Crippen molar-refractivity contribution in [3.05, 3.63) is 0 Å². The second kappa shape index (κ2) is 4.61. The van der Waals surface area contributed by atoms with Crippen molar-refractivity contribution < 1.29 is 19.5 Å². The third kappa shape index (κ3) is 2.21. The Hall–Kier alpha value is -1.43. The monoisotopic (exact) mass is 228 g/mol. The van der Waals surface area contributed by atoms with E-state index in [0.29, 0.717) is 12.3 Å². The van der Waals surface area contributed by atoms with Crippen LogP contribution >= 0.6 is 0 Å². The van der Waals surface area contributed by atoms with Crippen LogP contribution in [-0.4, -0.2) is 29.6 Å². The number of imide groups is 2. The summed E-state index contributed by atoms with van der Waals surface area (Å²) in [7, 11) is 0. The van der Waals surface area contributed by atoms with E-state index >= 15 is 0 Å². The Balaban J connectivity index is 2.87. The number of urea groups is 1. The number of hydrogen-bond donors (Lipinski definition) is 3. The number of hydrogen-bond acceptors (Lipinski definition) is 4. The highest BCUT2D eigenvalue weighted by atomic mass is 16.3. The number of aliphatic hydroxyl groups excluding tert-OH is 1. The molecule has 6 nitrogen and oxygen atoms in total. The first kappa shape index (κ1) is 12.6. The van der Waals surface area contributed by atoms with Crippen LogP contribution in [0.3, 0.4) is 0 Å². The predicted molar refractivity (Wildman–Crippen MR) is 55.3 cm³/mol. The summed E-state index contributed by atoms with van der Waals surface area (Å²) in [5.41, 5.74) is -1.52. The minimum absolute atomic E-state index is 0.228. The van der Waals surface area contributed by atoms with E-state index in [1.54, 1.807) is 0 Å². The molecule has 16 heavy (non-hydrogen) atoms. The van der Waals surface area contributed by atoms with Gasteiger partial charge in [0.05, 0.1) is 6.61 Å². The molecule has 0 radical (unpaired) electrons. The van der Waals surface area contributed by atoms with Crippen LogP contribution in [0.15, 0.2) is 0 Å². The van der Waals surface area contributed by atoms with Crippen molar-refractivity contribution in [2.75, 3.05) is 6.61 Å². The molecule has 1 aliphatic heterocycles. The zero-order chi connectivity index (χ0) is 12.3. The first-order valence-electron chi connectivity index (χ1n) is 5.20. The molecule has 0 atom stereocenters. The fourth-order valence-corrected chi connectivity index (χ4v) is 1.56. The molecule has 0 spiro atoms. The van der Waals surface area contributed by atoms with Crippen LogP contribution in [0.5, 0.6) is 0 Å². The first-order valence-corrected chi connectivity index (χ1v) is 5.20. The lowest BCUT2D eigenvalue weighted by Crippen LogP contribution is -2.63. The van der Waals surface area contributed by atoms with Crippen molar-refractivity contribution in [1.82, 2.24) is 10.6 Å². The largest absolute Gasteiger partial charge is 0.395 e. The lowest BCUT2D eigenvalue weighted by atomic mass is 9.79.